The first-order valence-electron chi connectivity index (χ1n) is 4.97. The molecule has 80 valence electrons. The Balaban J connectivity index is 2.54. The van der Waals surface area contributed by atoms with Crippen LogP contribution in [0.5, 0.6) is 0 Å². The van der Waals surface area contributed by atoms with Gasteiger partial charge in [0.15, 0.2) is 0 Å². The van der Waals surface area contributed by atoms with Gasteiger partial charge in [-0.2, -0.15) is 0 Å². The van der Waals surface area contributed by atoms with Crippen molar-refractivity contribution in [2.24, 2.45) is 0 Å². The molecule has 0 spiro atoms. The van der Waals surface area contributed by atoms with Crippen LogP contribution in [0.3, 0.4) is 0 Å². The van der Waals surface area contributed by atoms with Gasteiger partial charge in [0.1, 0.15) is 5.52 Å². The van der Waals surface area contributed by atoms with Gasteiger partial charge in [-0.1, -0.05) is 0 Å². The summed E-state index contributed by atoms with van der Waals surface area (Å²) in [6, 6.07) is 3.80. The largest absolute Gasteiger partial charge is 0.343 e. The van der Waals surface area contributed by atoms with E-state index in [4.69, 9.17) is 0 Å². The lowest BCUT2D eigenvalue weighted by Crippen LogP contribution is -2.12. The Labute approximate surface area is 86.5 Å². The van der Waals surface area contributed by atoms with E-state index < -0.39 is 0 Å². The Kier molecular flexibility index (Phi) is 2.58. The normalized spacial score (nSPS) is 11.1. The number of halogens is 1. The average Bonchev–Trinajstić information content (AvgIpc) is 2.58. The fourth-order valence-electron chi connectivity index (χ4n) is 1.79. The molecule has 0 fully saturated rings. The van der Waals surface area contributed by atoms with E-state index in [-0.39, 0.29) is 12.2 Å². The zero-order chi connectivity index (χ0) is 10.8. The lowest BCUT2D eigenvalue weighted by molar-refractivity contribution is 0.450. The molecular weight excluding hydrogens is 195 g/mol. The second-order valence-corrected chi connectivity index (χ2v) is 3.64. The van der Waals surface area contributed by atoms with Crippen LogP contribution in [0.2, 0.25) is 0 Å². The highest BCUT2D eigenvalue weighted by Crippen LogP contribution is 2.12. The molecule has 2 aromatic heterocycles. The molecule has 0 aliphatic carbocycles. The fraction of sp³-hybridized carbons (Fsp3) is 0.364. The molecule has 0 saturated heterocycles. The molecule has 0 atom stereocenters. The number of hydrogen-bond donors (Lipinski definition) is 1. The number of hydrogen-bond acceptors (Lipinski definition) is 1. The Morgan fingerprint density at radius 1 is 1.53 bits per heavy atom. The second kappa shape index (κ2) is 3.88. The third-order valence-corrected chi connectivity index (χ3v) is 2.43. The number of aromatic nitrogens is 2. The summed E-state index contributed by atoms with van der Waals surface area (Å²) in [5, 5.41) is 0.912. The summed E-state index contributed by atoms with van der Waals surface area (Å²) in [6.45, 7) is 2.04. The van der Waals surface area contributed by atoms with E-state index in [1.807, 2.05) is 25.3 Å². The molecular formula is C11H13FN2O. The van der Waals surface area contributed by atoms with Crippen molar-refractivity contribution in [3.05, 3.63) is 34.4 Å². The van der Waals surface area contributed by atoms with Crippen molar-refractivity contribution in [3.8, 4) is 0 Å². The Hall–Kier alpha value is -1.58. The van der Waals surface area contributed by atoms with Gasteiger partial charge in [0.2, 0.25) is 0 Å². The van der Waals surface area contributed by atoms with Gasteiger partial charge in [0.25, 0.3) is 5.56 Å². The summed E-state index contributed by atoms with van der Waals surface area (Å²) in [4.78, 5) is 14.4. The Morgan fingerprint density at radius 2 is 2.33 bits per heavy atom. The highest BCUT2D eigenvalue weighted by molar-refractivity contribution is 5.79. The number of nitrogens with one attached hydrogen (secondary N) is 1. The lowest BCUT2D eigenvalue weighted by Gasteiger charge is -2.02. The first-order chi connectivity index (χ1) is 7.22. The van der Waals surface area contributed by atoms with Crippen LogP contribution in [0.4, 0.5) is 4.39 Å². The minimum atomic E-state index is -0.358. The molecule has 0 bridgehead atoms. The molecule has 0 saturated carbocycles. The van der Waals surface area contributed by atoms with Gasteiger partial charge >= 0.3 is 0 Å². The van der Waals surface area contributed by atoms with Gasteiger partial charge in [-0.3, -0.25) is 9.18 Å². The van der Waals surface area contributed by atoms with E-state index in [0.29, 0.717) is 18.5 Å². The predicted octanol–water partition coefficient (Wildman–Crippen LogP) is 2.00. The van der Waals surface area contributed by atoms with E-state index in [1.165, 1.54) is 0 Å². The number of aromatic amines is 1. The number of pyridine rings is 1. The summed E-state index contributed by atoms with van der Waals surface area (Å²) in [7, 11) is 0. The van der Waals surface area contributed by atoms with E-state index in [1.54, 1.807) is 4.57 Å². The number of fused-ring (bicyclic) bond motifs is 1. The molecule has 4 heteroatoms. The topological polar surface area (TPSA) is 37.8 Å². The van der Waals surface area contributed by atoms with Crippen molar-refractivity contribution in [3.63, 3.8) is 0 Å². The van der Waals surface area contributed by atoms with E-state index in [0.717, 1.165) is 11.1 Å². The fourth-order valence-corrected chi connectivity index (χ4v) is 1.79. The number of aryl methyl sites for hydroxylation is 2. The summed E-state index contributed by atoms with van der Waals surface area (Å²) < 4.78 is 13.8. The van der Waals surface area contributed by atoms with Crippen LogP contribution in [0.15, 0.2) is 23.1 Å². The monoisotopic (exact) mass is 208 g/mol. The molecule has 0 aliphatic heterocycles. The summed E-state index contributed by atoms with van der Waals surface area (Å²) >= 11 is 0. The summed E-state index contributed by atoms with van der Waals surface area (Å²) in [6.07, 6.45) is 2.27. The van der Waals surface area contributed by atoms with Gasteiger partial charge in [0, 0.05) is 23.8 Å². The third kappa shape index (κ3) is 1.79. The number of rotatable bonds is 3. The first-order valence-corrected chi connectivity index (χ1v) is 4.97. The highest BCUT2D eigenvalue weighted by atomic mass is 19.1. The van der Waals surface area contributed by atoms with Crippen LogP contribution < -0.4 is 5.56 Å². The van der Waals surface area contributed by atoms with Gasteiger partial charge in [-0.25, -0.2) is 0 Å². The smallest absolute Gasteiger partial charge is 0.272 e. The van der Waals surface area contributed by atoms with Crippen LogP contribution in [0.25, 0.3) is 10.9 Å². The molecule has 0 aliphatic rings. The number of nitrogens with zero attached hydrogens (tertiary/aromatic N) is 1. The van der Waals surface area contributed by atoms with Crippen molar-refractivity contribution >= 4 is 10.9 Å². The average molecular weight is 208 g/mol. The summed E-state index contributed by atoms with van der Waals surface area (Å²) in [5.74, 6) is 0. The minimum Gasteiger partial charge on any atom is -0.343 e. The molecule has 0 aromatic carbocycles. The first kappa shape index (κ1) is 9.96. The standard InChI is InChI=1S/C11H13FN2O/c1-8-7-9-3-6-14(5-2-4-12)10(9)11(15)13-8/h3,6-7H,2,4-5H2,1H3,(H,13,15). The van der Waals surface area contributed by atoms with Crippen molar-refractivity contribution < 1.29 is 4.39 Å². The minimum absolute atomic E-state index is 0.103. The molecule has 1 N–H and O–H groups in total. The molecule has 15 heavy (non-hydrogen) atoms. The zero-order valence-electron chi connectivity index (χ0n) is 8.59. The highest BCUT2D eigenvalue weighted by Gasteiger charge is 2.05. The van der Waals surface area contributed by atoms with Crippen molar-refractivity contribution in [1.82, 2.24) is 9.55 Å². The van der Waals surface area contributed by atoms with Crippen LogP contribution >= 0.6 is 0 Å². The maximum atomic E-state index is 12.1. The van der Waals surface area contributed by atoms with Gasteiger partial charge < -0.3 is 9.55 Å². The molecule has 0 amide bonds. The molecule has 3 nitrogen and oxygen atoms in total. The second-order valence-electron chi connectivity index (χ2n) is 3.64. The van der Waals surface area contributed by atoms with Crippen molar-refractivity contribution in [2.75, 3.05) is 6.67 Å². The van der Waals surface area contributed by atoms with Crippen LogP contribution in [0, 0.1) is 6.92 Å². The SMILES string of the molecule is Cc1cc2ccn(CCCF)c2c(=O)[nH]1. The van der Waals surface area contributed by atoms with Crippen LogP contribution in [-0.4, -0.2) is 16.2 Å². The van der Waals surface area contributed by atoms with Crippen LogP contribution in [-0.2, 0) is 6.54 Å². The van der Waals surface area contributed by atoms with Crippen molar-refractivity contribution in [1.29, 1.82) is 0 Å². The quantitative estimate of drug-likeness (QED) is 0.823. The number of alkyl halides is 1. The molecule has 2 rings (SSSR count). The molecule has 0 unspecified atom stereocenters. The van der Waals surface area contributed by atoms with Gasteiger partial charge in [-0.15, -0.1) is 0 Å². The number of H-pyrrole nitrogens is 1. The maximum absolute atomic E-state index is 12.1. The lowest BCUT2D eigenvalue weighted by atomic mass is 10.3. The zero-order valence-corrected chi connectivity index (χ0v) is 8.59. The predicted molar refractivity (Wildman–Crippen MR) is 57.9 cm³/mol. The van der Waals surface area contributed by atoms with Crippen LogP contribution in [0.1, 0.15) is 12.1 Å². The molecule has 2 aromatic rings. The van der Waals surface area contributed by atoms with E-state index in [2.05, 4.69) is 4.98 Å². The maximum Gasteiger partial charge on any atom is 0.272 e. The Bertz CT molecular complexity index is 527. The van der Waals surface area contributed by atoms with Crippen molar-refractivity contribution in [2.45, 2.75) is 19.9 Å². The molecule has 2 heterocycles. The van der Waals surface area contributed by atoms with E-state index >= 15 is 0 Å². The van der Waals surface area contributed by atoms with E-state index in [9.17, 15) is 9.18 Å². The molecule has 0 radical (unpaired) electrons. The summed E-state index contributed by atoms with van der Waals surface area (Å²) in [5.41, 5.74) is 1.37. The Morgan fingerprint density at radius 3 is 3.07 bits per heavy atom. The van der Waals surface area contributed by atoms with Gasteiger partial charge in [-0.05, 0) is 25.5 Å². The third-order valence-electron chi connectivity index (χ3n) is 2.43. The van der Waals surface area contributed by atoms with Gasteiger partial charge in [0.05, 0.1) is 6.67 Å².